The van der Waals surface area contributed by atoms with Crippen molar-refractivity contribution in [1.82, 2.24) is 15.0 Å². The summed E-state index contributed by atoms with van der Waals surface area (Å²) in [6, 6.07) is 15.0. The van der Waals surface area contributed by atoms with E-state index in [9.17, 15) is 19.8 Å². The number of rotatable bonds is 4. The molecule has 0 aliphatic carbocycles. The van der Waals surface area contributed by atoms with Gasteiger partial charge in [0.1, 0.15) is 0 Å². The van der Waals surface area contributed by atoms with Gasteiger partial charge < -0.3 is 10.2 Å². The van der Waals surface area contributed by atoms with Crippen LogP contribution in [0.5, 0.6) is 0 Å². The standard InChI is InChI=1S/C27H19N3O4/c1-16-9-17(2)11-19(10-16)4-3-18-5-7-28-22(12-18)24-14-21(27(33)34)15-25(30-24)23-13-20(26(31)32)6-8-29-23/h5-15H,1-2H3,(H,31,32)(H,33,34). The summed E-state index contributed by atoms with van der Waals surface area (Å²) in [6.07, 6.45) is 2.92. The molecule has 0 bridgehead atoms. The van der Waals surface area contributed by atoms with Crippen molar-refractivity contribution in [2.24, 2.45) is 0 Å². The Morgan fingerprint density at radius 1 is 0.647 bits per heavy atom. The molecule has 7 nitrogen and oxygen atoms in total. The highest BCUT2D eigenvalue weighted by atomic mass is 16.4. The first-order chi connectivity index (χ1) is 16.3. The van der Waals surface area contributed by atoms with E-state index in [-0.39, 0.29) is 22.5 Å². The number of aromatic carboxylic acids is 2. The summed E-state index contributed by atoms with van der Waals surface area (Å²) in [5.74, 6) is 4.00. The molecule has 34 heavy (non-hydrogen) atoms. The lowest BCUT2D eigenvalue weighted by atomic mass is 10.1. The minimum Gasteiger partial charge on any atom is -0.478 e. The number of nitrogens with zero attached hydrogens (tertiary/aromatic N) is 3. The molecule has 166 valence electrons. The smallest absolute Gasteiger partial charge is 0.335 e. The number of carboxylic acid groups (broad SMARTS) is 2. The molecule has 0 saturated heterocycles. The Hall–Kier alpha value is -4.83. The van der Waals surface area contributed by atoms with Crippen molar-refractivity contribution in [2.75, 3.05) is 0 Å². The topological polar surface area (TPSA) is 113 Å². The average Bonchev–Trinajstić information content (AvgIpc) is 2.82. The zero-order chi connectivity index (χ0) is 24.2. The molecule has 1 aromatic carbocycles. The van der Waals surface area contributed by atoms with Gasteiger partial charge in [0.15, 0.2) is 0 Å². The summed E-state index contributed by atoms with van der Waals surface area (Å²) in [7, 11) is 0. The highest BCUT2D eigenvalue weighted by molar-refractivity contribution is 5.91. The van der Waals surface area contributed by atoms with Crippen molar-refractivity contribution in [1.29, 1.82) is 0 Å². The highest BCUT2D eigenvalue weighted by Crippen LogP contribution is 2.24. The number of carboxylic acids is 2. The van der Waals surface area contributed by atoms with Gasteiger partial charge in [0.05, 0.1) is 33.9 Å². The average molecular weight is 449 g/mol. The normalized spacial score (nSPS) is 10.3. The fourth-order valence-corrected chi connectivity index (χ4v) is 3.46. The van der Waals surface area contributed by atoms with Gasteiger partial charge in [-0.1, -0.05) is 17.9 Å². The van der Waals surface area contributed by atoms with Crippen molar-refractivity contribution < 1.29 is 19.8 Å². The van der Waals surface area contributed by atoms with Gasteiger partial charge in [-0.25, -0.2) is 14.6 Å². The van der Waals surface area contributed by atoms with E-state index < -0.39 is 11.9 Å². The molecular weight excluding hydrogens is 430 g/mol. The van der Waals surface area contributed by atoms with Crippen molar-refractivity contribution in [3.05, 3.63) is 100 Å². The van der Waals surface area contributed by atoms with E-state index in [0.29, 0.717) is 17.0 Å². The summed E-state index contributed by atoms with van der Waals surface area (Å²) in [5.41, 5.74) is 5.07. The van der Waals surface area contributed by atoms with Crippen molar-refractivity contribution in [2.45, 2.75) is 13.8 Å². The molecule has 0 fully saturated rings. The molecule has 3 heterocycles. The molecule has 3 aromatic heterocycles. The Balaban J connectivity index is 1.76. The Labute approximate surface area is 195 Å². The quantitative estimate of drug-likeness (QED) is 0.437. The minimum absolute atomic E-state index is 0.0175. The molecule has 0 unspecified atom stereocenters. The minimum atomic E-state index is -1.15. The van der Waals surface area contributed by atoms with Gasteiger partial charge in [-0.2, -0.15) is 0 Å². The van der Waals surface area contributed by atoms with E-state index in [4.69, 9.17) is 0 Å². The van der Waals surface area contributed by atoms with E-state index in [1.54, 1.807) is 18.3 Å². The largest absolute Gasteiger partial charge is 0.478 e. The van der Waals surface area contributed by atoms with Gasteiger partial charge in [0.2, 0.25) is 0 Å². The molecule has 0 amide bonds. The lowest BCUT2D eigenvalue weighted by Crippen LogP contribution is -2.02. The number of hydrogen-bond acceptors (Lipinski definition) is 5. The van der Waals surface area contributed by atoms with E-state index in [1.807, 2.05) is 26.0 Å². The Morgan fingerprint density at radius 3 is 1.79 bits per heavy atom. The van der Waals surface area contributed by atoms with Crippen LogP contribution in [0.15, 0.2) is 67.0 Å². The van der Waals surface area contributed by atoms with Crippen LogP contribution in [-0.2, 0) is 0 Å². The van der Waals surface area contributed by atoms with Crippen LogP contribution >= 0.6 is 0 Å². The number of pyridine rings is 3. The Bertz CT molecular complexity index is 1480. The van der Waals surface area contributed by atoms with Crippen molar-refractivity contribution in [3.63, 3.8) is 0 Å². The van der Waals surface area contributed by atoms with Gasteiger partial charge in [0, 0.05) is 23.5 Å². The molecule has 0 radical (unpaired) electrons. The van der Waals surface area contributed by atoms with Gasteiger partial charge in [-0.15, -0.1) is 0 Å². The third-order valence-electron chi connectivity index (χ3n) is 4.94. The first kappa shape index (κ1) is 22.4. The van der Waals surface area contributed by atoms with Gasteiger partial charge in [-0.05, 0) is 73.5 Å². The third kappa shape index (κ3) is 5.14. The van der Waals surface area contributed by atoms with Crippen LogP contribution in [0.1, 0.15) is 43.0 Å². The number of hydrogen-bond donors (Lipinski definition) is 2. The highest BCUT2D eigenvalue weighted by Gasteiger charge is 2.14. The van der Waals surface area contributed by atoms with Crippen LogP contribution in [0.4, 0.5) is 0 Å². The molecule has 0 atom stereocenters. The second kappa shape index (κ2) is 9.35. The number of carbonyl (C=O) groups is 2. The first-order valence-corrected chi connectivity index (χ1v) is 10.3. The van der Waals surface area contributed by atoms with Crippen LogP contribution in [0.2, 0.25) is 0 Å². The monoisotopic (exact) mass is 449 g/mol. The summed E-state index contributed by atoms with van der Waals surface area (Å²) in [4.78, 5) is 36.1. The van der Waals surface area contributed by atoms with E-state index in [1.165, 1.54) is 30.5 Å². The summed E-state index contributed by atoms with van der Waals surface area (Å²) >= 11 is 0. The van der Waals surface area contributed by atoms with E-state index in [0.717, 1.165) is 16.7 Å². The molecule has 2 N–H and O–H groups in total. The first-order valence-electron chi connectivity index (χ1n) is 10.3. The van der Waals surface area contributed by atoms with Crippen molar-refractivity contribution in [3.8, 4) is 34.6 Å². The maximum Gasteiger partial charge on any atom is 0.335 e. The number of benzene rings is 1. The predicted octanol–water partition coefficient (Wildman–Crippen LogP) is 4.62. The summed E-state index contributed by atoms with van der Waals surface area (Å²) in [5, 5.41) is 18.9. The second-order valence-electron chi connectivity index (χ2n) is 7.72. The van der Waals surface area contributed by atoms with E-state index in [2.05, 4.69) is 32.9 Å². The Morgan fingerprint density at radius 2 is 1.18 bits per heavy atom. The van der Waals surface area contributed by atoms with Crippen molar-refractivity contribution >= 4 is 11.9 Å². The second-order valence-corrected chi connectivity index (χ2v) is 7.72. The predicted molar refractivity (Wildman–Crippen MR) is 127 cm³/mol. The SMILES string of the molecule is Cc1cc(C)cc(C#Cc2ccnc(-c3cc(C(=O)O)cc(-c4cc(C(=O)O)ccn4)n3)c2)c1. The molecule has 0 aliphatic heterocycles. The van der Waals surface area contributed by atoms with Crippen LogP contribution in [-0.4, -0.2) is 37.1 Å². The molecule has 4 aromatic rings. The molecule has 0 spiro atoms. The number of aromatic nitrogens is 3. The molecular formula is C27H19N3O4. The lowest BCUT2D eigenvalue weighted by Gasteiger charge is -2.07. The van der Waals surface area contributed by atoms with Crippen LogP contribution in [0.25, 0.3) is 22.8 Å². The van der Waals surface area contributed by atoms with Gasteiger partial charge >= 0.3 is 11.9 Å². The molecule has 0 aliphatic rings. The molecule has 4 rings (SSSR count). The van der Waals surface area contributed by atoms with Crippen LogP contribution in [0.3, 0.4) is 0 Å². The maximum absolute atomic E-state index is 11.7. The third-order valence-corrected chi connectivity index (χ3v) is 4.94. The zero-order valence-electron chi connectivity index (χ0n) is 18.4. The fraction of sp³-hybridized carbons (Fsp3) is 0.0741. The summed E-state index contributed by atoms with van der Waals surface area (Å²) in [6.45, 7) is 4.03. The van der Waals surface area contributed by atoms with E-state index >= 15 is 0 Å². The summed E-state index contributed by atoms with van der Waals surface area (Å²) < 4.78 is 0. The lowest BCUT2D eigenvalue weighted by molar-refractivity contribution is 0.0686. The van der Waals surface area contributed by atoms with Gasteiger partial charge in [-0.3, -0.25) is 9.97 Å². The van der Waals surface area contributed by atoms with Crippen LogP contribution < -0.4 is 0 Å². The fourth-order valence-electron chi connectivity index (χ4n) is 3.46. The molecule has 7 heteroatoms. The van der Waals surface area contributed by atoms with Gasteiger partial charge in [0.25, 0.3) is 0 Å². The van der Waals surface area contributed by atoms with Crippen LogP contribution in [0, 0.1) is 25.7 Å². The maximum atomic E-state index is 11.7. The molecule has 0 saturated carbocycles. The Kier molecular flexibility index (Phi) is 6.15. The zero-order valence-corrected chi connectivity index (χ0v) is 18.4. The number of aryl methyl sites for hydroxylation is 2.